The molecule has 90 valence electrons. The van der Waals surface area contributed by atoms with E-state index in [0.717, 1.165) is 0 Å². The van der Waals surface area contributed by atoms with E-state index in [1.165, 1.54) is 17.3 Å². The summed E-state index contributed by atoms with van der Waals surface area (Å²) < 4.78 is 0. The summed E-state index contributed by atoms with van der Waals surface area (Å²) in [5.74, 6) is -1.60. The van der Waals surface area contributed by atoms with Crippen LogP contribution in [0.1, 0.15) is 16.8 Å². The number of rotatable bonds is 2. The van der Waals surface area contributed by atoms with Crippen molar-refractivity contribution in [2.24, 2.45) is 5.92 Å². The van der Waals surface area contributed by atoms with Gasteiger partial charge in [0.25, 0.3) is 5.91 Å². The summed E-state index contributed by atoms with van der Waals surface area (Å²) in [6.45, 7) is 0.681. The molecule has 1 amide bonds. The number of aromatic nitrogens is 1. The number of likely N-dealkylation sites (tertiary alicyclic amines) is 1. The normalized spacial score (nSPS) is 19.4. The molecule has 2 rings (SSSR count). The number of halogens is 1. The van der Waals surface area contributed by atoms with Crippen LogP contribution >= 0.6 is 11.6 Å². The highest BCUT2D eigenvalue weighted by molar-refractivity contribution is 6.33. The van der Waals surface area contributed by atoms with E-state index in [9.17, 15) is 9.59 Å². The number of amides is 1. The van der Waals surface area contributed by atoms with Crippen LogP contribution in [-0.2, 0) is 4.79 Å². The molecule has 1 fully saturated rings. The van der Waals surface area contributed by atoms with Gasteiger partial charge in [0.2, 0.25) is 0 Å². The van der Waals surface area contributed by atoms with Crippen LogP contribution in [0.25, 0.3) is 0 Å². The summed E-state index contributed by atoms with van der Waals surface area (Å²) in [5.41, 5.74) is 0.320. The lowest BCUT2D eigenvalue weighted by Gasteiger charge is -2.16. The molecular formula is C11H11ClN2O3. The average molecular weight is 255 g/mol. The third kappa shape index (κ3) is 2.39. The number of pyridine rings is 1. The molecule has 1 N–H and O–H groups in total. The number of carbonyl (C=O) groups excluding carboxylic acids is 1. The fraction of sp³-hybridized carbons (Fsp3) is 0.364. The van der Waals surface area contributed by atoms with Crippen LogP contribution in [0.3, 0.4) is 0 Å². The number of hydrogen-bond donors (Lipinski definition) is 1. The molecule has 5 nitrogen and oxygen atoms in total. The van der Waals surface area contributed by atoms with Crippen molar-refractivity contribution in [3.63, 3.8) is 0 Å². The van der Waals surface area contributed by atoms with E-state index in [1.807, 2.05) is 0 Å². The fourth-order valence-electron chi connectivity index (χ4n) is 1.85. The van der Waals surface area contributed by atoms with Crippen molar-refractivity contribution >= 4 is 23.5 Å². The minimum absolute atomic E-state index is 0.236. The molecule has 0 aromatic carbocycles. The van der Waals surface area contributed by atoms with E-state index in [4.69, 9.17) is 16.7 Å². The lowest BCUT2D eigenvalue weighted by molar-refractivity contribution is -0.141. The number of carboxylic acid groups (broad SMARTS) is 1. The second kappa shape index (κ2) is 4.71. The minimum atomic E-state index is -0.863. The van der Waals surface area contributed by atoms with Crippen molar-refractivity contribution in [2.75, 3.05) is 13.1 Å². The maximum atomic E-state index is 12.0. The molecule has 1 unspecified atom stereocenters. The number of nitrogens with zero attached hydrogens (tertiary/aromatic N) is 2. The zero-order valence-corrected chi connectivity index (χ0v) is 9.72. The van der Waals surface area contributed by atoms with Crippen molar-refractivity contribution < 1.29 is 14.7 Å². The van der Waals surface area contributed by atoms with E-state index in [0.29, 0.717) is 23.6 Å². The van der Waals surface area contributed by atoms with Crippen molar-refractivity contribution in [1.82, 2.24) is 9.88 Å². The topological polar surface area (TPSA) is 70.5 Å². The Kier molecular flexibility index (Phi) is 3.28. The van der Waals surface area contributed by atoms with Crippen LogP contribution in [0.5, 0.6) is 0 Å². The molecule has 0 radical (unpaired) electrons. The van der Waals surface area contributed by atoms with Gasteiger partial charge in [-0.15, -0.1) is 0 Å². The summed E-state index contributed by atoms with van der Waals surface area (Å²) in [6.07, 6.45) is 3.39. The van der Waals surface area contributed by atoms with Gasteiger partial charge in [0, 0.05) is 25.5 Å². The molecule has 0 aliphatic carbocycles. The molecular weight excluding hydrogens is 244 g/mol. The first kappa shape index (κ1) is 11.9. The molecule has 6 heteroatoms. The van der Waals surface area contributed by atoms with E-state index in [-0.39, 0.29) is 12.5 Å². The van der Waals surface area contributed by atoms with E-state index < -0.39 is 11.9 Å². The van der Waals surface area contributed by atoms with E-state index in [1.54, 1.807) is 6.07 Å². The molecule has 0 spiro atoms. The van der Waals surface area contributed by atoms with Crippen molar-refractivity contribution in [2.45, 2.75) is 6.42 Å². The molecule has 1 aromatic heterocycles. The van der Waals surface area contributed by atoms with Gasteiger partial charge in [-0.3, -0.25) is 14.6 Å². The van der Waals surface area contributed by atoms with Crippen molar-refractivity contribution in [1.29, 1.82) is 0 Å². The highest BCUT2D eigenvalue weighted by Gasteiger charge is 2.31. The molecule has 0 saturated carbocycles. The summed E-state index contributed by atoms with van der Waals surface area (Å²) in [6, 6.07) is 1.54. The summed E-state index contributed by atoms with van der Waals surface area (Å²) in [4.78, 5) is 28.2. The van der Waals surface area contributed by atoms with Crippen molar-refractivity contribution in [3.05, 3.63) is 29.0 Å². The van der Waals surface area contributed by atoms with E-state index in [2.05, 4.69) is 4.98 Å². The van der Waals surface area contributed by atoms with Gasteiger partial charge in [0.15, 0.2) is 0 Å². The van der Waals surface area contributed by atoms with Gasteiger partial charge in [0.05, 0.1) is 16.5 Å². The zero-order chi connectivity index (χ0) is 12.4. The van der Waals surface area contributed by atoms with Crippen LogP contribution in [0.2, 0.25) is 5.02 Å². The van der Waals surface area contributed by atoms with Gasteiger partial charge < -0.3 is 10.0 Å². The Labute approximate surface area is 103 Å². The Balaban J connectivity index is 2.13. The highest BCUT2D eigenvalue weighted by Crippen LogP contribution is 2.21. The smallest absolute Gasteiger partial charge is 0.308 e. The quantitative estimate of drug-likeness (QED) is 0.863. The third-order valence-corrected chi connectivity index (χ3v) is 3.15. The molecule has 1 atom stereocenters. The second-order valence-electron chi connectivity index (χ2n) is 3.93. The molecule has 2 heterocycles. The molecule has 1 aromatic rings. The van der Waals surface area contributed by atoms with Gasteiger partial charge in [-0.25, -0.2) is 0 Å². The number of carboxylic acids is 1. The predicted molar refractivity (Wildman–Crippen MR) is 60.9 cm³/mol. The number of carbonyl (C=O) groups is 2. The first-order valence-corrected chi connectivity index (χ1v) is 5.59. The SMILES string of the molecule is O=C(O)C1CCN(C(=O)c2cnccc2Cl)C1. The summed E-state index contributed by atoms with van der Waals surface area (Å²) in [7, 11) is 0. The van der Waals surface area contributed by atoms with Gasteiger partial charge in [0.1, 0.15) is 0 Å². The lowest BCUT2D eigenvalue weighted by atomic mass is 10.1. The molecule has 1 aliphatic rings. The first-order chi connectivity index (χ1) is 8.09. The Morgan fingerprint density at radius 2 is 2.29 bits per heavy atom. The van der Waals surface area contributed by atoms with Crippen LogP contribution in [0, 0.1) is 5.92 Å². The maximum Gasteiger partial charge on any atom is 0.308 e. The standard InChI is InChI=1S/C11H11ClN2O3/c12-9-1-3-13-5-8(9)10(15)14-4-2-7(6-14)11(16)17/h1,3,5,7H,2,4,6H2,(H,16,17). The van der Waals surface area contributed by atoms with Gasteiger partial charge in [-0.1, -0.05) is 11.6 Å². The summed E-state index contributed by atoms with van der Waals surface area (Å²) in [5, 5.41) is 9.20. The third-order valence-electron chi connectivity index (χ3n) is 2.82. The molecule has 17 heavy (non-hydrogen) atoms. The largest absolute Gasteiger partial charge is 0.481 e. The van der Waals surface area contributed by atoms with Crippen LogP contribution in [0.15, 0.2) is 18.5 Å². The lowest BCUT2D eigenvalue weighted by Crippen LogP contribution is -2.30. The molecule has 1 aliphatic heterocycles. The Morgan fingerprint density at radius 3 is 2.88 bits per heavy atom. The van der Waals surface area contributed by atoms with Gasteiger partial charge >= 0.3 is 5.97 Å². The van der Waals surface area contributed by atoms with Gasteiger partial charge in [-0.2, -0.15) is 0 Å². The molecule has 0 bridgehead atoms. The number of hydrogen-bond acceptors (Lipinski definition) is 3. The van der Waals surface area contributed by atoms with Gasteiger partial charge in [-0.05, 0) is 12.5 Å². The fourth-order valence-corrected chi connectivity index (χ4v) is 2.04. The van der Waals surface area contributed by atoms with Crippen molar-refractivity contribution in [3.8, 4) is 0 Å². The Bertz CT molecular complexity index is 464. The minimum Gasteiger partial charge on any atom is -0.481 e. The first-order valence-electron chi connectivity index (χ1n) is 5.21. The zero-order valence-electron chi connectivity index (χ0n) is 8.97. The number of aliphatic carboxylic acids is 1. The molecule has 1 saturated heterocycles. The Hall–Kier alpha value is -1.62. The predicted octanol–water partition coefficient (Wildman–Crippen LogP) is 1.28. The monoisotopic (exact) mass is 254 g/mol. The van der Waals surface area contributed by atoms with E-state index >= 15 is 0 Å². The van der Waals surface area contributed by atoms with Crippen LogP contribution in [-0.4, -0.2) is 40.0 Å². The highest BCUT2D eigenvalue weighted by atomic mass is 35.5. The second-order valence-corrected chi connectivity index (χ2v) is 4.34. The average Bonchev–Trinajstić information content (AvgIpc) is 2.78. The van der Waals surface area contributed by atoms with Crippen LogP contribution in [0.4, 0.5) is 0 Å². The van der Waals surface area contributed by atoms with Crippen LogP contribution < -0.4 is 0 Å². The summed E-state index contributed by atoms with van der Waals surface area (Å²) >= 11 is 5.89. The maximum absolute atomic E-state index is 12.0. The Morgan fingerprint density at radius 1 is 1.53 bits per heavy atom.